The summed E-state index contributed by atoms with van der Waals surface area (Å²) in [6, 6.07) is 13.2. The molecule has 0 radical (unpaired) electrons. The summed E-state index contributed by atoms with van der Waals surface area (Å²) in [4.78, 5) is 12.4. The first-order valence-electron chi connectivity index (χ1n) is 7.82. The van der Waals surface area contributed by atoms with Crippen LogP contribution in [0.5, 0.6) is 0 Å². The fourth-order valence-electron chi connectivity index (χ4n) is 2.06. The molecular weight excluding hydrogens is 324 g/mol. The molecule has 1 atom stereocenters. The van der Waals surface area contributed by atoms with Crippen molar-refractivity contribution in [3.63, 3.8) is 0 Å². The van der Waals surface area contributed by atoms with Gasteiger partial charge in [0.05, 0.1) is 4.90 Å². The third-order valence-electron chi connectivity index (χ3n) is 3.68. The van der Waals surface area contributed by atoms with Gasteiger partial charge in [0.15, 0.2) is 0 Å². The number of hydrogen-bond donors (Lipinski definition) is 2. The largest absolute Gasteiger partial charge is 0.322 e. The highest BCUT2D eigenvalue weighted by atomic mass is 32.2. The second-order valence-electron chi connectivity index (χ2n) is 5.78. The summed E-state index contributed by atoms with van der Waals surface area (Å²) in [7, 11) is -3.64. The van der Waals surface area contributed by atoms with Gasteiger partial charge < -0.3 is 5.32 Å². The van der Waals surface area contributed by atoms with E-state index in [4.69, 9.17) is 0 Å². The molecule has 5 nitrogen and oxygen atoms in total. The number of aryl methyl sites for hydroxylation is 1. The molecule has 0 saturated carbocycles. The molecule has 0 bridgehead atoms. The van der Waals surface area contributed by atoms with E-state index < -0.39 is 10.0 Å². The van der Waals surface area contributed by atoms with Gasteiger partial charge in [0.25, 0.3) is 5.91 Å². The predicted molar refractivity (Wildman–Crippen MR) is 95.6 cm³/mol. The summed E-state index contributed by atoms with van der Waals surface area (Å²) in [5.41, 5.74) is 2.05. The lowest BCUT2D eigenvalue weighted by molar-refractivity contribution is 0.102. The predicted octanol–water partition coefficient (Wildman–Crippen LogP) is 3.32. The standard InChI is InChI=1S/C18H22N2O3S/c1-4-14(3)20-24(22,23)17-7-5-6-15(12-17)18(21)19-16-10-8-13(2)9-11-16/h5-12,14,20H,4H2,1-3H3,(H,19,21). The second kappa shape index (κ2) is 7.59. The highest BCUT2D eigenvalue weighted by molar-refractivity contribution is 7.89. The van der Waals surface area contributed by atoms with Gasteiger partial charge >= 0.3 is 0 Å². The summed E-state index contributed by atoms with van der Waals surface area (Å²) in [5, 5.41) is 2.76. The Morgan fingerprint density at radius 1 is 1.12 bits per heavy atom. The number of anilines is 1. The summed E-state index contributed by atoms with van der Waals surface area (Å²) >= 11 is 0. The molecular formula is C18H22N2O3S. The van der Waals surface area contributed by atoms with Crippen LogP contribution in [0.4, 0.5) is 5.69 Å². The molecule has 0 aliphatic heterocycles. The molecule has 0 aliphatic rings. The number of rotatable bonds is 6. The number of nitrogens with one attached hydrogen (secondary N) is 2. The molecule has 0 heterocycles. The quantitative estimate of drug-likeness (QED) is 0.842. The minimum absolute atomic E-state index is 0.0827. The van der Waals surface area contributed by atoms with E-state index in [1.165, 1.54) is 12.1 Å². The van der Waals surface area contributed by atoms with Crippen molar-refractivity contribution in [2.24, 2.45) is 0 Å². The molecule has 2 aromatic rings. The monoisotopic (exact) mass is 346 g/mol. The zero-order valence-corrected chi connectivity index (χ0v) is 14.9. The smallest absolute Gasteiger partial charge is 0.255 e. The normalized spacial score (nSPS) is 12.6. The summed E-state index contributed by atoms with van der Waals surface area (Å²) in [6.07, 6.45) is 0.687. The molecule has 0 fully saturated rings. The minimum atomic E-state index is -3.64. The molecule has 2 rings (SSSR count). The van der Waals surface area contributed by atoms with Crippen LogP contribution in [-0.2, 0) is 10.0 Å². The molecule has 2 aromatic carbocycles. The van der Waals surface area contributed by atoms with Crippen LogP contribution >= 0.6 is 0 Å². The number of amides is 1. The van der Waals surface area contributed by atoms with Crippen LogP contribution in [0.3, 0.4) is 0 Å². The Morgan fingerprint density at radius 3 is 2.42 bits per heavy atom. The SMILES string of the molecule is CCC(C)NS(=O)(=O)c1cccc(C(=O)Nc2ccc(C)cc2)c1. The van der Waals surface area contributed by atoms with Crippen molar-refractivity contribution in [2.45, 2.75) is 38.1 Å². The average molecular weight is 346 g/mol. The maximum atomic E-state index is 12.3. The molecule has 0 aliphatic carbocycles. The molecule has 0 aromatic heterocycles. The van der Waals surface area contributed by atoms with E-state index in [-0.39, 0.29) is 16.8 Å². The van der Waals surface area contributed by atoms with Crippen LogP contribution in [0.1, 0.15) is 36.2 Å². The summed E-state index contributed by atoms with van der Waals surface area (Å²) < 4.78 is 27.2. The Labute approximate surface area is 143 Å². The van der Waals surface area contributed by atoms with Gasteiger partial charge in [-0.15, -0.1) is 0 Å². The van der Waals surface area contributed by atoms with E-state index in [0.29, 0.717) is 17.7 Å². The van der Waals surface area contributed by atoms with E-state index in [9.17, 15) is 13.2 Å². The topological polar surface area (TPSA) is 75.3 Å². The van der Waals surface area contributed by atoms with E-state index in [1.807, 2.05) is 26.0 Å². The van der Waals surface area contributed by atoms with Crippen molar-refractivity contribution in [1.29, 1.82) is 0 Å². The lowest BCUT2D eigenvalue weighted by atomic mass is 10.2. The highest BCUT2D eigenvalue weighted by Gasteiger charge is 2.18. The first kappa shape index (κ1) is 18.2. The van der Waals surface area contributed by atoms with Crippen LogP contribution in [0.25, 0.3) is 0 Å². The Morgan fingerprint density at radius 2 is 1.79 bits per heavy atom. The zero-order chi connectivity index (χ0) is 17.7. The van der Waals surface area contributed by atoms with Crippen LogP contribution < -0.4 is 10.0 Å². The minimum Gasteiger partial charge on any atom is -0.322 e. The Hall–Kier alpha value is -2.18. The van der Waals surface area contributed by atoms with Gasteiger partial charge in [-0.3, -0.25) is 4.79 Å². The molecule has 6 heteroatoms. The third kappa shape index (κ3) is 4.66. The van der Waals surface area contributed by atoms with E-state index in [2.05, 4.69) is 10.0 Å². The Kier molecular flexibility index (Phi) is 5.75. The maximum absolute atomic E-state index is 12.3. The lowest BCUT2D eigenvalue weighted by Crippen LogP contribution is -2.32. The van der Waals surface area contributed by atoms with Gasteiger partial charge in [0.2, 0.25) is 10.0 Å². The van der Waals surface area contributed by atoms with Crippen LogP contribution in [0, 0.1) is 6.92 Å². The van der Waals surface area contributed by atoms with Crippen LogP contribution in [-0.4, -0.2) is 20.4 Å². The van der Waals surface area contributed by atoms with Gasteiger partial charge in [-0.25, -0.2) is 13.1 Å². The fraction of sp³-hybridized carbons (Fsp3) is 0.278. The molecule has 0 spiro atoms. The summed E-state index contributed by atoms with van der Waals surface area (Å²) in [6.45, 7) is 5.66. The first-order valence-corrected chi connectivity index (χ1v) is 9.30. The van der Waals surface area contributed by atoms with Gasteiger partial charge in [-0.05, 0) is 50.6 Å². The van der Waals surface area contributed by atoms with Gasteiger partial charge in [-0.1, -0.05) is 30.7 Å². The van der Waals surface area contributed by atoms with Gasteiger partial charge in [0.1, 0.15) is 0 Å². The average Bonchev–Trinajstić information content (AvgIpc) is 2.56. The van der Waals surface area contributed by atoms with Gasteiger partial charge in [-0.2, -0.15) is 0 Å². The van der Waals surface area contributed by atoms with Crippen molar-refractivity contribution in [3.8, 4) is 0 Å². The lowest BCUT2D eigenvalue weighted by Gasteiger charge is -2.13. The Bertz CT molecular complexity index is 814. The number of carbonyl (C=O) groups is 1. The molecule has 2 N–H and O–H groups in total. The van der Waals surface area contributed by atoms with Gasteiger partial charge in [0, 0.05) is 17.3 Å². The van der Waals surface area contributed by atoms with Crippen LogP contribution in [0.15, 0.2) is 53.4 Å². The van der Waals surface area contributed by atoms with Crippen molar-refractivity contribution in [1.82, 2.24) is 4.72 Å². The number of sulfonamides is 1. The maximum Gasteiger partial charge on any atom is 0.255 e. The Balaban J connectivity index is 2.20. The van der Waals surface area contributed by atoms with Crippen molar-refractivity contribution in [3.05, 3.63) is 59.7 Å². The van der Waals surface area contributed by atoms with Crippen molar-refractivity contribution in [2.75, 3.05) is 5.32 Å². The second-order valence-corrected chi connectivity index (χ2v) is 7.49. The van der Waals surface area contributed by atoms with Crippen molar-refractivity contribution < 1.29 is 13.2 Å². The highest BCUT2D eigenvalue weighted by Crippen LogP contribution is 2.15. The zero-order valence-electron chi connectivity index (χ0n) is 14.0. The fourth-order valence-corrected chi connectivity index (χ4v) is 3.43. The van der Waals surface area contributed by atoms with E-state index in [0.717, 1.165) is 5.56 Å². The molecule has 24 heavy (non-hydrogen) atoms. The van der Waals surface area contributed by atoms with Crippen LogP contribution in [0.2, 0.25) is 0 Å². The number of carbonyl (C=O) groups excluding carboxylic acids is 1. The molecule has 0 saturated heterocycles. The number of benzene rings is 2. The molecule has 1 amide bonds. The molecule has 1 unspecified atom stereocenters. The summed E-state index contributed by atoms with van der Waals surface area (Å²) in [5.74, 6) is -0.348. The number of hydrogen-bond acceptors (Lipinski definition) is 3. The first-order chi connectivity index (χ1) is 11.3. The van der Waals surface area contributed by atoms with Crippen molar-refractivity contribution >= 4 is 21.6 Å². The van der Waals surface area contributed by atoms with E-state index in [1.54, 1.807) is 31.2 Å². The van der Waals surface area contributed by atoms with E-state index >= 15 is 0 Å². The third-order valence-corrected chi connectivity index (χ3v) is 5.27. The molecule has 128 valence electrons.